The average Bonchev–Trinajstić information content (AvgIpc) is 2.61. The van der Waals surface area contributed by atoms with Crippen LogP contribution in [0.5, 0.6) is 0 Å². The molecule has 2 atom stereocenters. The van der Waals surface area contributed by atoms with Gasteiger partial charge in [-0.25, -0.2) is 4.79 Å². The van der Waals surface area contributed by atoms with Crippen LogP contribution in [0.25, 0.3) is 0 Å². The summed E-state index contributed by atoms with van der Waals surface area (Å²) < 4.78 is 1.64. The first-order valence-corrected chi connectivity index (χ1v) is 6.22. The number of carbonyl (C=O) groups excluding carboxylic acids is 1. The van der Waals surface area contributed by atoms with Crippen molar-refractivity contribution in [2.24, 2.45) is 13.0 Å². The molecule has 0 aliphatic carbocycles. The van der Waals surface area contributed by atoms with Gasteiger partial charge in [0.1, 0.15) is 5.82 Å². The summed E-state index contributed by atoms with van der Waals surface area (Å²) in [5.74, 6) is 0.929. The van der Waals surface area contributed by atoms with E-state index in [0.29, 0.717) is 18.9 Å². The molecular weight excluding hydrogens is 232 g/mol. The number of anilines is 1. The number of piperidine rings is 1. The van der Waals surface area contributed by atoms with E-state index in [1.807, 2.05) is 19.9 Å². The fourth-order valence-corrected chi connectivity index (χ4v) is 2.15. The molecule has 0 spiro atoms. The lowest BCUT2D eigenvalue weighted by Crippen LogP contribution is -2.47. The van der Waals surface area contributed by atoms with Crippen LogP contribution in [-0.4, -0.2) is 45.0 Å². The summed E-state index contributed by atoms with van der Waals surface area (Å²) in [5.41, 5.74) is 0.861. The number of nitrogens with zero attached hydrogens (tertiary/aromatic N) is 3. The van der Waals surface area contributed by atoms with Crippen molar-refractivity contribution in [3.05, 3.63) is 11.8 Å². The summed E-state index contributed by atoms with van der Waals surface area (Å²) in [6, 6.07) is 1.64. The zero-order valence-electron chi connectivity index (χ0n) is 11.1. The number of hydrogen-bond donors (Lipinski definition) is 2. The molecule has 1 aromatic heterocycles. The Kier molecular flexibility index (Phi) is 3.56. The second kappa shape index (κ2) is 4.97. The maximum absolute atomic E-state index is 12.0. The van der Waals surface area contributed by atoms with E-state index >= 15 is 0 Å². The highest BCUT2D eigenvalue weighted by Gasteiger charge is 2.27. The van der Waals surface area contributed by atoms with Crippen molar-refractivity contribution in [2.75, 3.05) is 18.4 Å². The van der Waals surface area contributed by atoms with Crippen molar-refractivity contribution in [1.82, 2.24) is 14.7 Å². The molecule has 1 saturated heterocycles. The van der Waals surface area contributed by atoms with Gasteiger partial charge in [-0.2, -0.15) is 5.10 Å². The van der Waals surface area contributed by atoms with Crippen molar-refractivity contribution in [2.45, 2.75) is 26.4 Å². The molecule has 1 aromatic rings. The van der Waals surface area contributed by atoms with Gasteiger partial charge in [0.25, 0.3) is 0 Å². The zero-order valence-corrected chi connectivity index (χ0v) is 11.1. The number of rotatable bonds is 1. The lowest BCUT2D eigenvalue weighted by molar-refractivity contribution is 0.0463. The molecule has 1 aliphatic heterocycles. The Morgan fingerprint density at radius 3 is 2.89 bits per heavy atom. The van der Waals surface area contributed by atoms with E-state index in [-0.39, 0.29) is 11.9 Å². The maximum Gasteiger partial charge on any atom is 0.323 e. The summed E-state index contributed by atoms with van der Waals surface area (Å²) in [6.07, 6.45) is 0.400. The van der Waals surface area contributed by atoms with E-state index in [2.05, 4.69) is 10.4 Å². The van der Waals surface area contributed by atoms with Crippen LogP contribution >= 0.6 is 0 Å². The van der Waals surface area contributed by atoms with Gasteiger partial charge in [-0.05, 0) is 19.3 Å². The summed E-state index contributed by atoms with van der Waals surface area (Å²) in [5, 5.41) is 16.8. The van der Waals surface area contributed by atoms with Crippen LogP contribution in [0.3, 0.4) is 0 Å². The number of nitrogens with one attached hydrogen (secondary N) is 1. The standard InChI is InChI=1S/C12H20N4O2/c1-8-4-5-16(7-10(8)17)12(18)13-11-6-9(2)14-15(11)3/h6,8,10,17H,4-5,7H2,1-3H3,(H,13,18). The number of aliphatic hydroxyl groups is 1. The Bertz CT molecular complexity index is 443. The first kappa shape index (κ1) is 12.9. The van der Waals surface area contributed by atoms with Gasteiger partial charge in [-0.15, -0.1) is 0 Å². The summed E-state index contributed by atoms with van der Waals surface area (Å²) in [6.45, 7) is 4.96. The minimum atomic E-state index is -0.433. The topological polar surface area (TPSA) is 70.4 Å². The molecule has 2 rings (SSSR count). The van der Waals surface area contributed by atoms with Gasteiger partial charge in [0.2, 0.25) is 0 Å². The monoisotopic (exact) mass is 252 g/mol. The summed E-state index contributed by atoms with van der Waals surface area (Å²) in [4.78, 5) is 13.7. The molecule has 18 heavy (non-hydrogen) atoms. The SMILES string of the molecule is Cc1cc(NC(=O)N2CCC(C)C(O)C2)n(C)n1. The fourth-order valence-electron chi connectivity index (χ4n) is 2.15. The Morgan fingerprint density at radius 2 is 2.33 bits per heavy atom. The highest BCUT2D eigenvalue weighted by molar-refractivity contribution is 5.88. The van der Waals surface area contributed by atoms with Gasteiger partial charge in [-0.1, -0.05) is 6.92 Å². The van der Waals surface area contributed by atoms with Crippen LogP contribution in [0.15, 0.2) is 6.07 Å². The molecule has 6 nitrogen and oxygen atoms in total. The van der Waals surface area contributed by atoms with E-state index < -0.39 is 6.10 Å². The third kappa shape index (κ3) is 2.64. The normalized spacial score (nSPS) is 24.1. The van der Waals surface area contributed by atoms with E-state index in [9.17, 15) is 9.90 Å². The highest BCUT2D eigenvalue weighted by Crippen LogP contribution is 2.18. The number of aliphatic hydroxyl groups excluding tert-OH is 1. The maximum atomic E-state index is 12.0. The fraction of sp³-hybridized carbons (Fsp3) is 0.667. The van der Waals surface area contributed by atoms with Gasteiger partial charge in [0, 0.05) is 26.2 Å². The van der Waals surface area contributed by atoms with Gasteiger partial charge in [0.05, 0.1) is 11.8 Å². The Morgan fingerprint density at radius 1 is 1.61 bits per heavy atom. The van der Waals surface area contributed by atoms with Crippen molar-refractivity contribution >= 4 is 11.8 Å². The van der Waals surface area contributed by atoms with Crippen LogP contribution in [-0.2, 0) is 7.05 Å². The molecule has 0 aromatic carbocycles. The second-order valence-electron chi connectivity index (χ2n) is 5.00. The minimum absolute atomic E-state index is 0.177. The Hall–Kier alpha value is -1.56. The minimum Gasteiger partial charge on any atom is -0.391 e. The Balaban J connectivity index is 1.98. The molecule has 100 valence electrons. The molecular formula is C12H20N4O2. The molecule has 6 heteroatoms. The molecule has 0 radical (unpaired) electrons. The van der Waals surface area contributed by atoms with Crippen molar-refractivity contribution in [3.63, 3.8) is 0 Å². The largest absolute Gasteiger partial charge is 0.391 e. The smallest absolute Gasteiger partial charge is 0.323 e. The predicted molar refractivity (Wildman–Crippen MR) is 68.3 cm³/mol. The summed E-state index contributed by atoms with van der Waals surface area (Å²) >= 11 is 0. The van der Waals surface area contributed by atoms with Gasteiger partial charge in [0.15, 0.2) is 0 Å². The Labute approximate surface area is 107 Å². The average molecular weight is 252 g/mol. The molecule has 1 fully saturated rings. The van der Waals surface area contributed by atoms with Crippen molar-refractivity contribution in [3.8, 4) is 0 Å². The third-order valence-corrected chi connectivity index (χ3v) is 3.44. The van der Waals surface area contributed by atoms with Crippen molar-refractivity contribution < 1.29 is 9.90 Å². The van der Waals surface area contributed by atoms with E-state index in [4.69, 9.17) is 0 Å². The molecule has 0 bridgehead atoms. The van der Waals surface area contributed by atoms with Crippen LogP contribution in [0, 0.1) is 12.8 Å². The number of β-amino-alcohol motifs (C(OH)–C–C–N with tert-alkyl or cyclic N) is 1. The number of aromatic nitrogens is 2. The van der Waals surface area contributed by atoms with Crippen molar-refractivity contribution in [1.29, 1.82) is 0 Å². The number of amides is 2. The molecule has 2 amide bonds. The van der Waals surface area contributed by atoms with Gasteiger partial charge >= 0.3 is 6.03 Å². The van der Waals surface area contributed by atoms with Crippen LogP contribution in [0.4, 0.5) is 10.6 Å². The highest BCUT2D eigenvalue weighted by atomic mass is 16.3. The van der Waals surface area contributed by atoms with E-state index in [0.717, 1.165) is 12.1 Å². The van der Waals surface area contributed by atoms with Crippen LogP contribution in [0.2, 0.25) is 0 Å². The number of urea groups is 1. The van der Waals surface area contributed by atoms with E-state index in [1.165, 1.54) is 0 Å². The molecule has 2 heterocycles. The molecule has 2 N–H and O–H groups in total. The predicted octanol–water partition coefficient (Wildman–Crippen LogP) is 0.963. The lowest BCUT2D eigenvalue weighted by atomic mass is 9.96. The lowest BCUT2D eigenvalue weighted by Gasteiger charge is -2.34. The third-order valence-electron chi connectivity index (χ3n) is 3.44. The molecule has 0 saturated carbocycles. The molecule has 2 unspecified atom stereocenters. The quantitative estimate of drug-likeness (QED) is 0.782. The van der Waals surface area contributed by atoms with Gasteiger partial charge < -0.3 is 10.0 Å². The first-order valence-electron chi connectivity index (χ1n) is 6.22. The number of hydrogen-bond acceptors (Lipinski definition) is 3. The number of carbonyl (C=O) groups is 1. The summed E-state index contributed by atoms with van der Waals surface area (Å²) in [7, 11) is 1.79. The van der Waals surface area contributed by atoms with Crippen LogP contribution < -0.4 is 5.32 Å². The van der Waals surface area contributed by atoms with Crippen LogP contribution in [0.1, 0.15) is 19.0 Å². The number of aryl methyl sites for hydroxylation is 2. The first-order chi connectivity index (χ1) is 8.47. The van der Waals surface area contributed by atoms with E-state index in [1.54, 1.807) is 16.6 Å². The molecule has 1 aliphatic rings. The second-order valence-corrected chi connectivity index (χ2v) is 5.00. The number of likely N-dealkylation sites (tertiary alicyclic amines) is 1. The zero-order chi connectivity index (χ0) is 13.3. The van der Waals surface area contributed by atoms with Gasteiger partial charge in [-0.3, -0.25) is 10.00 Å².